The molecule has 4 rings (SSSR count). The van der Waals surface area contributed by atoms with Crippen molar-refractivity contribution in [2.24, 2.45) is 0 Å². The zero-order chi connectivity index (χ0) is 18.6. The Morgan fingerprint density at radius 2 is 2.04 bits per heavy atom. The van der Waals surface area contributed by atoms with E-state index < -0.39 is 4.92 Å². The maximum absolute atomic E-state index is 11.2. The Hall–Kier alpha value is -2.91. The Morgan fingerprint density at radius 1 is 1.19 bits per heavy atom. The van der Waals surface area contributed by atoms with Crippen molar-refractivity contribution in [1.82, 2.24) is 10.1 Å². The SMILES string of the molecule is O=[N+]([O-])c1cc2c(c(CSCc3nc(-c4ccccc4)no3)c1)OCOC2. The minimum Gasteiger partial charge on any atom is -0.467 e. The van der Waals surface area contributed by atoms with Crippen LogP contribution < -0.4 is 4.74 Å². The van der Waals surface area contributed by atoms with E-state index in [2.05, 4.69) is 10.1 Å². The second-order valence-electron chi connectivity index (χ2n) is 5.83. The number of non-ortho nitro benzene ring substituents is 1. The first-order chi connectivity index (χ1) is 13.2. The predicted octanol–water partition coefficient (Wildman–Crippen LogP) is 3.94. The van der Waals surface area contributed by atoms with E-state index in [1.807, 2.05) is 30.3 Å². The number of rotatable bonds is 6. The first-order valence-electron chi connectivity index (χ1n) is 8.17. The molecule has 1 aromatic heterocycles. The van der Waals surface area contributed by atoms with Crippen molar-refractivity contribution in [3.05, 3.63) is 69.6 Å². The topological polar surface area (TPSA) is 101 Å². The van der Waals surface area contributed by atoms with E-state index in [9.17, 15) is 10.1 Å². The van der Waals surface area contributed by atoms with E-state index in [1.165, 1.54) is 17.8 Å². The molecule has 1 aliphatic heterocycles. The second-order valence-corrected chi connectivity index (χ2v) is 6.82. The molecular weight excluding hydrogens is 370 g/mol. The van der Waals surface area contributed by atoms with E-state index in [0.29, 0.717) is 41.1 Å². The number of benzene rings is 2. The van der Waals surface area contributed by atoms with Gasteiger partial charge in [0.25, 0.3) is 5.69 Å². The summed E-state index contributed by atoms with van der Waals surface area (Å²) in [6, 6.07) is 12.6. The Labute approximate surface area is 158 Å². The summed E-state index contributed by atoms with van der Waals surface area (Å²) in [7, 11) is 0. The van der Waals surface area contributed by atoms with Crippen molar-refractivity contribution < 1.29 is 18.9 Å². The van der Waals surface area contributed by atoms with Gasteiger partial charge in [-0.15, -0.1) is 11.8 Å². The van der Waals surface area contributed by atoms with Crippen LogP contribution in [0.15, 0.2) is 47.0 Å². The third kappa shape index (κ3) is 3.93. The average molecular weight is 385 g/mol. The predicted molar refractivity (Wildman–Crippen MR) is 98.1 cm³/mol. The summed E-state index contributed by atoms with van der Waals surface area (Å²) in [5.41, 5.74) is 2.37. The van der Waals surface area contributed by atoms with Crippen LogP contribution in [0, 0.1) is 10.1 Å². The molecule has 0 radical (unpaired) electrons. The molecule has 0 saturated carbocycles. The molecule has 27 heavy (non-hydrogen) atoms. The quantitative estimate of drug-likeness (QED) is 0.464. The van der Waals surface area contributed by atoms with Crippen molar-refractivity contribution in [2.75, 3.05) is 6.79 Å². The van der Waals surface area contributed by atoms with Gasteiger partial charge in [0.15, 0.2) is 6.79 Å². The lowest BCUT2D eigenvalue weighted by Crippen LogP contribution is -2.13. The van der Waals surface area contributed by atoms with Gasteiger partial charge in [0, 0.05) is 34.6 Å². The second kappa shape index (κ2) is 7.77. The van der Waals surface area contributed by atoms with Gasteiger partial charge >= 0.3 is 0 Å². The van der Waals surface area contributed by atoms with E-state index in [4.69, 9.17) is 14.0 Å². The summed E-state index contributed by atoms with van der Waals surface area (Å²) < 4.78 is 16.1. The van der Waals surface area contributed by atoms with Gasteiger partial charge in [-0.3, -0.25) is 10.1 Å². The van der Waals surface area contributed by atoms with Gasteiger partial charge in [-0.2, -0.15) is 4.98 Å². The van der Waals surface area contributed by atoms with Gasteiger partial charge < -0.3 is 14.0 Å². The fourth-order valence-corrected chi connectivity index (χ4v) is 3.59. The van der Waals surface area contributed by atoms with Gasteiger partial charge in [0.2, 0.25) is 11.7 Å². The molecule has 0 aliphatic carbocycles. The Kier molecular flexibility index (Phi) is 5.03. The average Bonchev–Trinajstić information content (AvgIpc) is 3.17. The van der Waals surface area contributed by atoms with Crippen molar-refractivity contribution in [3.63, 3.8) is 0 Å². The smallest absolute Gasteiger partial charge is 0.270 e. The van der Waals surface area contributed by atoms with Crippen LogP contribution in [0.1, 0.15) is 17.0 Å². The highest BCUT2D eigenvalue weighted by molar-refractivity contribution is 7.97. The summed E-state index contributed by atoms with van der Waals surface area (Å²) in [5, 5.41) is 15.1. The van der Waals surface area contributed by atoms with Gasteiger partial charge in [-0.25, -0.2) is 0 Å². The molecule has 1 aliphatic rings. The minimum atomic E-state index is -0.410. The van der Waals surface area contributed by atoms with Crippen LogP contribution in [0.4, 0.5) is 5.69 Å². The zero-order valence-corrected chi connectivity index (χ0v) is 15.0. The summed E-state index contributed by atoms with van der Waals surface area (Å²) in [4.78, 5) is 15.1. The van der Waals surface area contributed by atoms with Crippen LogP contribution in [0.25, 0.3) is 11.4 Å². The van der Waals surface area contributed by atoms with Crippen molar-refractivity contribution in [3.8, 4) is 17.1 Å². The van der Waals surface area contributed by atoms with Crippen molar-refractivity contribution in [2.45, 2.75) is 18.1 Å². The number of nitrogens with zero attached hydrogens (tertiary/aromatic N) is 3. The van der Waals surface area contributed by atoms with Crippen LogP contribution in [0.3, 0.4) is 0 Å². The number of nitro groups is 1. The molecule has 0 fully saturated rings. The molecule has 0 unspecified atom stereocenters. The van der Waals surface area contributed by atoms with E-state index in [0.717, 1.165) is 11.1 Å². The highest BCUT2D eigenvalue weighted by atomic mass is 32.2. The molecule has 9 heteroatoms. The number of nitro benzene ring substituents is 1. The summed E-state index contributed by atoms with van der Waals surface area (Å²) in [5.74, 6) is 2.72. The van der Waals surface area contributed by atoms with E-state index in [1.54, 1.807) is 6.07 Å². The number of fused-ring (bicyclic) bond motifs is 1. The van der Waals surface area contributed by atoms with Crippen molar-refractivity contribution >= 4 is 17.4 Å². The van der Waals surface area contributed by atoms with Crippen LogP contribution in [-0.4, -0.2) is 21.9 Å². The largest absolute Gasteiger partial charge is 0.467 e. The number of hydrogen-bond donors (Lipinski definition) is 0. The first-order valence-corrected chi connectivity index (χ1v) is 9.32. The Balaban J connectivity index is 1.46. The molecular formula is C18H15N3O5S. The number of thioether (sulfide) groups is 1. The fourth-order valence-electron chi connectivity index (χ4n) is 2.76. The van der Waals surface area contributed by atoms with Crippen molar-refractivity contribution in [1.29, 1.82) is 0 Å². The molecule has 2 aromatic carbocycles. The van der Waals surface area contributed by atoms with E-state index >= 15 is 0 Å². The molecule has 0 atom stereocenters. The molecule has 0 N–H and O–H groups in total. The maximum atomic E-state index is 11.2. The Morgan fingerprint density at radius 3 is 2.85 bits per heavy atom. The van der Waals surface area contributed by atoms with Crippen LogP contribution in [0.2, 0.25) is 0 Å². The van der Waals surface area contributed by atoms with Gasteiger partial charge in [0.05, 0.1) is 17.3 Å². The molecule has 2 heterocycles. The Bertz CT molecular complexity index is 961. The first kappa shape index (κ1) is 17.5. The summed E-state index contributed by atoms with van der Waals surface area (Å²) in [6.07, 6.45) is 0. The molecule has 8 nitrogen and oxygen atoms in total. The normalized spacial score (nSPS) is 13.0. The van der Waals surface area contributed by atoms with Gasteiger partial charge in [-0.1, -0.05) is 35.5 Å². The van der Waals surface area contributed by atoms with Gasteiger partial charge in [-0.05, 0) is 0 Å². The van der Waals surface area contributed by atoms with Crippen LogP contribution in [0.5, 0.6) is 5.75 Å². The maximum Gasteiger partial charge on any atom is 0.270 e. The summed E-state index contributed by atoms with van der Waals surface area (Å²) >= 11 is 1.52. The lowest BCUT2D eigenvalue weighted by atomic mass is 10.1. The van der Waals surface area contributed by atoms with Crippen LogP contribution >= 0.6 is 11.8 Å². The molecule has 0 amide bonds. The highest BCUT2D eigenvalue weighted by Crippen LogP contribution is 2.35. The third-order valence-electron chi connectivity index (χ3n) is 3.97. The molecule has 3 aromatic rings. The molecule has 0 bridgehead atoms. The monoisotopic (exact) mass is 385 g/mol. The molecule has 0 saturated heterocycles. The number of ether oxygens (including phenoxy) is 2. The number of aromatic nitrogens is 2. The lowest BCUT2D eigenvalue weighted by molar-refractivity contribution is -0.385. The molecule has 0 spiro atoms. The summed E-state index contributed by atoms with van der Waals surface area (Å²) in [6.45, 7) is 0.450. The number of hydrogen-bond acceptors (Lipinski definition) is 8. The van der Waals surface area contributed by atoms with Crippen LogP contribution in [-0.2, 0) is 22.8 Å². The van der Waals surface area contributed by atoms with Gasteiger partial charge in [0.1, 0.15) is 5.75 Å². The van der Waals surface area contributed by atoms with E-state index in [-0.39, 0.29) is 12.5 Å². The fraction of sp³-hybridized carbons (Fsp3) is 0.222. The highest BCUT2D eigenvalue weighted by Gasteiger charge is 2.21. The standard InChI is InChI=1S/C18H15N3O5S/c22-21(23)15-6-13-8-24-11-25-17(13)14(7-15)9-27-10-16-19-18(20-26-16)12-4-2-1-3-5-12/h1-7H,8-11H2. The zero-order valence-electron chi connectivity index (χ0n) is 14.2. The third-order valence-corrected chi connectivity index (χ3v) is 4.93. The minimum absolute atomic E-state index is 0.0302. The molecule has 138 valence electrons. The lowest BCUT2D eigenvalue weighted by Gasteiger charge is -2.20.